The first-order valence-electron chi connectivity index (χ1n) is 10.2. The zero-order valence-corrected chi connectivity index (χ0v) is 18.1. The Labute approximate surface area is 176 Å². The molecule has 0 saturated carbocycles. The third-order valence-corrected chi connectivity index (χ3v) is 4.55. The molecule has 0 aliphatic carbocycles. The third kappa shape index (κ3) is 5.15. The molecule has 162 valence electrons. The minimum Gasteiger partial charge on any atom is -0.444 e. The molecule has 0 aliphatic heterocycles. The highest BCUT2D eigenvalue weighted by atomic mass is 16.6. The normalized spacial score (nSPS) is 11.9. The monoisotopic (exact) mass is 414 g/mol. The maximum Gasteiger partial charge on any atom is 0.407 e. The van der Waals surface area contributed by atoms with E-state index < -0.39 is 11.7 Å². The van der Waals surface area contributed by atoms with Crippen LogP contribution in [0.5, 0.6) is 0 Å². The Hall–Kier alpha value is -2.94. The number of imidazole rings is 1. The molecule has 0 atom stereocenters. The summed E-state index contributed by atoms with van der Waals surface area (Å²) in [4.78, 5) is 25.5. The quantitative estimate of drug-likeness (QED) is 0.544. The molecule has 3 aromatic rings. The fourth-order valence-corrected chi connectivity index (χ4v) is 3.29. The molecule has 3 N–H and O–H groups in total. The van der Waals surface area contributed by atoms with Gasteiger partial charge in [-0.25, -0.2) is 14.8 Å². The second-order valence-electron chi connectivity index (χ2n) is 8.12. The number of ether oxygens (including phenoxy) is 2. The lowest BCUT2D eigenvalue weighted by Gasteiger charge is -2.19. The Kier molecular flexibility index (Phi) is 6.71. The van der Waals surface area contributed by atoms with Crippen molar-refractivity contribution < 1.29 is 14.3 Å². The van der Waals surface area contributed by atoms with Crippen LogP contribution in [-0.4, -0.2) is 51.5 Å². The van der Waals surface area contributed by atoms with Crippen LogP contribution in [0, 0.1) is 0 Å². The molecule has 0 radical (unpaired) electrons. The van der Waals surface area contributed by atoms with Crippen LogP contribution in [0.15, 0.2) is 18.3 Å². The van der Waals surface area contributed by atoms with Crippen molar-refractivity contribution in [1.82, 2.24) is 24.8 Å². The van der Waals surface area contributed by atoms with Gasteiger partial charge in [-0.05, 0) is 45.7 Å². The van der Waals surface area contributed by atoms with Gasteiger partial charge in [0, 0.05) is 32.8 Å². The van der Waals surface area contributed by atoms with Gasteiger partial charge in [0.15, 0.2) is 5.82 Å². The second kappa shape index (κ2) is 9.25. The molecule has 0 saturated heterocycles. The van der Waals surface area contributed by atoms with Crippen molar-refractivity contribution in [3.05, 3.63) is 24.2 Å². The summed E-state index contributed by atoms with van der Waals surface area (Å²) in [6, 6.07) is 3.74. The molecule has 3 heterocycles. The summed E-state index contributed by atoms with van der Waals surface area (Å²) in [5.74, 6) is 1.29. The molecule has 0 spiro atoms. The summed E-state index contributed by atoms with van der Waals surface area (Å²) in [6.45, 7) is 7.35. The standard InChI is InChI=1S/C21H30N6O3/c1-21(2,3)30-20(28)24-10-5-6-12-27-15(9-13-29-4)26-17-18(27)16-14(25-19(17)22)8-7-11-23-16/h7-8,11H,5-6,9-10,12-13H2,1-4H3,(H2,22,25)(H,24,28). The van der Waals surface area contributed by atoms with E-state index in [4.69, 9.17) is 20.2 Å². The van der Waals surface area contributed by atoms with Gasteiger partial charge in [0.2, 0.25) is 0 Å². The number of nitrogen functional groups attached to an aromatic ring is 1. The predicted octanol–water partition coefficient (Wildman–Crippen LogP) is 3.06. The number of aromatic nitrogens is 4. The highest BCUT2D eigenvalue weighted by molar-refractivity contribution is 6.04. The number of amides is 1. The number of nitrogens with one attached hydrogen (secondary N) is 1. The lowest BCUT2D eigenvalue weighted by molar-refractivity contribution is 0.0527. The van der Waals surface area contributed by atoms with Gasteiger partial charge in [0.05, 0.1) is 12.1 Å². The van der Waals surface area contributed by atoms with Crippen LogP contribution < -0.4 is 11.1 Å². The first-order chi connectivity index (χ1) is 14.3. The van der Waals surface area contributed by atoms with Crippen molar-refractivity contribution in [2.24, 2.45) is 0 Å². The lowest BCUT2D eigenvalue weighted by Crippen LogP contribution is -2.33. The molecule has 1 amide bonds. The number of rotatable bonds is 8. The molecule has 9 heteroatoms. The number of unbranched alkanes of at least 4 members (excludes halogenated alkanes) is 1. The topological polar surface area (TPSA) is 117 Å². The minimum atomic E-state index is -0.502. The molecule has 0 unspecified atom stereocenters. The number of methoxy groups -OCH3 is 1. The Morgan fingerprint density at radius 1 is 1.23 bits per heavy atom. The van der Waals surface area contributed by atoms with Crippen molar-refractivity contribution in [2.75, 3.05) is 26.0 Å². The minimum absolute atomic E-state index is 0.398. The van der Waals surface area contributed by atoms with Gasteiger partial charge in [-0.1, -0.05) is 0 Å². The zero-order chi connectivity index (χ0) is 21.7. The first-order valence-corrected chi connectivity index (χ1v) is 10.2. The van der Waals surface area contributed by atoms with Crippen molar-refractivity contribution in [3.8, 4) is 0 Å². The van der Waals surface area contributed by atoms with Crippen LogP contribution in [0.1, 0.15) is 39.4 Å². The van der Waals surface area contributed by atoms with E-state index in [1.165, 1.54) is 0 Å². The summed E-state index contributed by atoms with van der Waals surface area (Å²) >= 11 is 0. The molecule has 0 aromatic carbocycles. The van der Waals surface area contributed by atoms with E-state index in [2.05, 4.69) is 19.9 Å². The zero-order valence-electron chi connectivity index (χ0n) is 18.1. The summed E-state index contributed by atoms with van der Waals surface area (Å²) < 4.78 is 12.7. The van der Waals surface area contributed by atoms with E-state index in [9.17, 15) is 4.79 Å². The molecule has 3 aromatic heterocycles. The van der Waals surface area contributed by atoms with Crippen molar-refractivity contribution >= 4 is 34.0 Å². The number of fused-ring (bicyclic) bond motifs is 3. The maximum atomic E-state index is 11.8. The number of hydrogen-bond acceptors (Lipinski definition) is 7. The van der Waals surface area contributed by atoms with Gasteiger partial charge < -0.3 is 25.1 Å². The average Bonchev–Trinajstić information content (AvgIpc) is 3.04. The van der Waals surface area contributed by atoms with Crippen LogP contribution >= 0.6 is 0 Å². The summed E-state index contributed by atoms with van der Waals surface area (Å²) in [5, 5.41) is 2.80. The summed E-state index contributed by atoms with van der Waals surface area (Å²) in [7, 11) is 1.67. The number of carbonyl (C=O) groups excluding carboxylic acids is 1. The van der Waals surface area contributed by atoms with Gasteiger partial charge in [0.25, 0.3) is 0 Å². The highest BCUT2D eigenvalue weighted by Crippen LogP contribution is 2.28. The number of alkyl carbamates (subject to hydrolysis) is 1. The maximum absolute atomic E-state index is 11.8. The Bertz CT molecular complexity index is 1020. The van der Waals surface area contributed by atoms with E-state index in [0.717, 1.165) is 41.8 Å². The van der Waals surface area contributed by atoms with Crippen LogP contribution in [0.25, 0.3) is 22.1 Å². The largest absolute Gasteiger partial charge is 0.444 e. The summed E-state index contributed by atoms with van der Waals surface area (Å²) in [6.07, 6.45) is 3.66. The fourth-order valence-electron chi connectivity index (χ4n) is 3.29. The van der Waals surface area contributed by atoms with E-state index >= 15 is 0 Å². The number of nitrogens with zero attached hydrogens (tertiary/aromatic N) is 4. The predicted molar refractivity (Wildman–Crippen MR) is 116 cm³/mol. The molecule has 30 heavy (non-hydrogen) atoms. The van der Waals surface area contributed by atoms with Crippen molar-refractivity contribution in [2.45, 2.75) is 52.2 Å². The number of anilines is 1. The first kappa shape index (κ1) is 21.8. The van der Waals surface area contributed by atoms with E-state index in [1.54, 1.807) is 13.3 Å². The van der Waals surface area contributed by atoms with E-state index in [0.29, 0.717) is 30.9 Å². The number of aryl methyl sites for hydroxylation is 1. The van der Waals surface area contributed by atoms with Crippen LogP contribution in [0.4, 0.5) is 10.6 Å². The molecule has 0 aliphatic rings. The molecule has 3 rings (SSSR count). The van der Waals surface area contributed by atoms with Crippen molar-refractivity contribution in [3.63, 3.8) is 0 Å². The van der Waals surface area contributed by atoms with Gasteiger partial charge in [-0.2, -0.15) is 0 Å². The van der Waals surface area contributed by atoms with Gasteiger partial charge in [-0.3, -0.25) is 4.98 Å². The number of carbonyl (C=O) groups is 1. The average molecular weight is 415 g/mol. The molecule has 0 fully saturated rings. The third-order valence-electron chi connectivity index (χ3n) is 4.55. The van der Waals surface area contributed by atoms with Crippen LogP contribution in [-0.2, 0) is 22.4 Å². The Balaban J connectivity index is 1.77. The molecular formula is C21H30N6O3. The van der Waals surface area contributed by atoms with E-state index in [1.807, 2.05) is 32.9 Å². The Morgan fingerprint density at radius 3 is 2.77 bits per heavy atom. The van der Waals surface area contributed by atoms with Gasteiger partial charge in [0.1, 0.15) is 28.0 Å². The molecule has 9 nitrogen and oxygen atoms in total. The molecule has 0 bridgehead atoms. The number of nitrogens with two attached hydrogens (primary N) is 1. The van der Waals surface area contributed by atoms with Crippen LogP contribution in [0.2, 0.25) is 0 Å². The highest BCUT2D eigenvalue weighted by Gasteiger charge is 2.18. The van der Waals surface area contributed by atoms with Gasteiger partial charge >= 0.3 is 6.09 Å². The number of pyridine rings is 2. The lowest BCUT2D eigenvalue weighted by atomic mass is 10.2. The second-order valence-corrected chi connectivity index (χ2v) is 8.12. The number of hydrogen-bond donors (Lipinski definition) is 2. The SMILES string of the molecule is COCCc1nc2c(N)nc3cccnc3c2n1CCCCNC(=O)OC(C)(C)C. The van der Waals surface area contributed by atoms with Crippen LogP contribution in [0.3, 0.4) is 0 Å². The summed E-state index contributed by atoms with van der Waals surface area (Å²) in [5.41, 5.74) is 8.77. The molecular weight excluding hydrogens is 384 g/mol. The van der Waals surface area contributed by atoms with Gasteiger partial charge in [-0.15, -0.1) is 0 Å². The smallest absolute Gasteiger partial charge is 0.407 e. The van der Waals surface area contributed by atoms with E-state index in [-0.39, 0.29) is 0 Å². The Morgan fingerprint density at radius 2 is 2.03 bits per heavy atom. The van der Waals surface area contributed by atoms with Crippen molar-refractivity contribution in [1.29, 1.82) is 0 Å². The fraction of sp³-hybridized carbons (Fsp3) is 0.524.